The molecule has 1 aliphatic rings. The number of amides is 3. The Hall–Kier alpha value is -3.73. The van der Waals surface area contributed by atoms with Crippen molar-refractivity contribution in [1.29, 1.82) is 0 Å². The molecule has 1 heterocycles. The molecule has 4 rings (SSSR count). The van der Waals surface area contributed by atoms with Gasteiger partial charge in [-0.1, -0.05) is 82.3 Å². The quantitative estimate of drug-likeness (QED) is 0.465. The van der Waals surface area contributed by atoms with Crippen LogP contribution in [0.15, 0.2) is 66.7 Å². The van der Waals surface area contributed by atoms with Crippen LogP contribution in [0.5, 0.6) is 0 Å². The number of anilines is 1. The summed E-state index contributed by atoms with van der Waals surface area (Å²) < 4.78 is 0. The molecule has 0 atom stereocenters. The lowest BCUT2D eigenvalue weighted by Gasteiger charge is -2.25. The Kier molecular flexibility index (Phi) is 6.64. The molecule has 3 aromatic carbocycles. The average Bonchev–Trinajstić information content (AvgIpc) is 3.08. The van der Waals surface area contributed by atoms with Gasteiger partial charge in [0.25, 0.3) is 17.7 Å². The van der Waals surface area contributed by atoms with Gasteiger partial charge in [-0.3, -0.25) is 14.4 Å². The third kappa shape index (κ3) is 4.26. The van der Waals surface area contributed by atoms with Crippen LogP contribution in [0.4, 0.5) is 5.69 Å². The number of benzene rings is 3. The molecule has 5 nitrogen and oxygen atoms in total. The van der Waals surface area contributed by atoms with Crippen LogP contribution in [0.3, 0.4) is 0 Å². The average molecular weight is 455 g/mol. The molecule has 0 aromatic heterocycles. The van der Waals surface area contributed by atoms with E-state index in [0.717, 1.165) is 16.7 Å². The highest BCUT2D eigenvalue weighted by molar-refractivity contribution is 6.36. The molecule has 0 fully saturated rings. The number of carbonyl (C=O) groups is 3. The van der Waals surface area contributed by atoms with Crippen molar-refractivity contribution >= 4 is 23.4 Å². The predicted molar refractivity (Wildman–Crippen MR) is 135 cm³/mol. The summed E-state index contributed by atoms with van der Waals surface area (Å²) in [4.78, 5) is 41.5. The minimum Gasteiger partial charge on any atom is -0.352 e. The van der Waals surface area contributed by atoms with Crippen molar-refractivity contribution in [2.45, 2.75) is 46.0 Å². The third-order valence-corrected chi connectivity index (χ3v) is 6.27. The fourth-order valence-corrected chi connectivity index (χ4v) is 4.51. The lowest BCUT2D eigenvalue weighted by atomic mass is 9.92. The van der Waals surface area contributed by atoms with Crippen molar-refractivity contribution in [1.82, 2.24) is 5.32 Å². The van der Waals surface area contributed by atoms with Gasteiger partial charge >= 0.3 is 0 Å². The molecule has 5 heteroatoms. The number of nitrogens with one attached hydrogen (secondary N) is 1. The Morgan fingerprint density at radius 2 is 1.41 bits per heavy atom. The molecule has 34 heavy (non-hydrogen) atoms. The number of hydrogen-bond acceptors (Lipinski definition) is 3. The number of para-hydroxylation sites is 1. The zero-order valence-electron chi connectivity index (χ0n) is 20.1. The second-order valence-electron chi connectivity index (χ2n) is 9.26. The first kappa shape index (κ1) is 23.4. The summed E-state index contributed by atoms with van der Waals surface area (Å²) >= 11 is 0. The Bertz CT molecular complexity index is 1220. The van der Waals surface area contributed by atoms with Gasteiger partial charge in [0.05, 0.1) is 22.4 Å². The van der Waals surface area contributed by atoms with Crippen molar-refractivity contribution in [2.24, 2.45) is 0 Å². The van der Waals surface area contributed by atoms with Crippen LogP contribution in [0.1, 0.15) is 87.3 Å². The molecule has 3 aromatic rings. The van der Waals surface area contributed by atoms with E-state index in [-0.39, 0.29) is 40.3 Å². The highest BCUT2D eigenvalue weighted by Crippen LogP contribution is 2.40. The summed E-state index contributed by atoms with van der Waals surface area (Å²) in [5.74, 6) is -0.924. The smallest absolute Gasteiger partial charge is 0.266 e. The van der Waals surface area contributed by atoms with E-state index in [1.165, 1.54) is 4.90 Å². The molecule has 3 amide bonds. The highest BCUT2D eigenvalue weighted by Gasteiger charge is 2.41. The van der Waals surface area contributed by atoms with Gasteiger partial charge in [-0.2, -0.15) is 0 Å². The van der Waals surface area contributed by atoms with E-state index in [9.17, 15) is 14.4 Å². The van der Waals surface area contributed by atoms with Crippen LogP contribution in [-0.2, 0) is 6.42 Å². The maximum Gasteiger partial charge on any atom is 0.266 e. The van der Waals surface area contributed by atoms with Gasteiger partial charge in [0, 0.05) is 6.54 Å². The molecule has 1 aliphatic heterocycles. The lowest BCUT2D eigenvalue weighted by molar-refractivity contribution is 0.0910. The van der Waals surface area contributed by atoms with Crippen molar-refractivity contribution in [3.8, 4) is 0 Å². The van der Waals surface area contributed by atoms with Gasteiger partial charge in [-0.25, -0.2) is 4.90 Å². The van der Waals surface area contributed by atoms with Crippen molar-refractivity contribution in [3.05, 3.63) is 100 Å². The summed E-state index contributed by atoms with van der Waals surface area (Å²) in [6.07, 6.45) is 0.681. The molecule has 1 N–H and O–H groups in total. The Balaban J connectivity index is 1.67. The summed E-state index contributed by atoms with van der Waals surface area (Å²) in [6, 6.07) is 20.7. The molecule has 0 radical (unpaired) electrons. The Labute approximate surface area is 200 Å². The van der Waals surface area contributed by atoms with Gasteiger partial charge in [0.2, 0.25) is 0 Å². The maximum absolute atomic E-state index is 13.7. The van der Waals surface area contributed by atoms with E-state index in [2.05, 4.69) is 5.32 Å². The van der Waals surface area contributed by atoms with Crippen LogP contribution in [0, 0.1) is 0 Å². The van der Waals surface area contributed by atoms with Crippen molar-refractivity contribution in [3.63, 3.8) is 0 Å². The topological polar surface area (TPSA) is 66.5 Å². The van der Waals surface area contributed by atoms with Crippen LogP contribution in [0.2, 0.25) is 0 Å². The van der Waals surface area contributed by atoms with E-state index in [1.807, 2.05) is 76.2 Å². The highest BCUT2D eigenvalue weighted by atomic mass is 16.2. The third-order valence-electron chi connectivity index (χ3n) is 6.27. The summed E-state index contributed by atoms with van der Waals surface area (Å²) in [6.45, 7) is 8.63. The Morgan fingerprint density at radius 1 is 0.794 bits per heavy atom. The molecule has 0 aliphatic carbocycles. The van der Waals surface area contributed by atoms with Crippen molar-refractivity contribution < 1.29 is 14.4 Å². The van der Waals surface area contributed by atoms with Gasteiger partial charge in [-0.05, 0) is 47.1 Å². The van der Waals surface area contributed by atoms with Crippen LogP contribution in [-0.4, -0.2) is 24.3 Å². The molecule has 0 saturated heterocycles. The van der Waals surface area contributed by atoms with E-state index in [1.54, 1.807) is 18.2 Å². The fourth-order valence-electron chi connectivity index (χ4n) is 4.51. The molecule has 174 valence electrons. The summed E-state index contributed by atoms with van der Waals surface area (Å²) in [7, 11) is 0. The molecular weight excluding hydrogens is 424 g/mol. The van der Waals surface area contributed by atoms with Crippen LogP contribution in [0.25, 0.3) is 0 Å². The van der Waals surface area contributed by atoms with Gasteiger partial charge in [0.15, 0.2) is 0 Å². The normalized spacial score (nSPS) is 13.1. The number of carbonyl (C=O) groups excluding carboxylic acids is 3. The lowest BCUT2D eigenvalue weighted by Crippen LogP contribution is -2.33. The van der Waals surface area contributed by atoms with Crippen LogP contribution >= 0.6 is 0 Å². The summed E-state index contributed by atoms with van der Waals surface area (Å²) in [5.41, 5.74) is 4.33. The molecule has 0 bridgehead atoms. The number of rotatable bonds is 7. The standard InChI is InChI=1S/C29H30N2O3/c1-18(2)21-12-8-13-22(19(3)4)26(21)31-28(33)24-15-9-14-23(25(24)29(31)34)27(32)30-17-16-20-10-6-5-7-11-20/h5-15,18-19H,16-17H2,1-4H3,(H,30,32). The number of imide groups is 1. The van der Waals surface area contributed by atoms with Gasteiger partial charge < -0.3 is 5.32 Å². The molecule has 0 spiro atoms. The molecule has 0 saturated carbocycles. The fraction of sp³-hybridized carbons (Fsp3) is 0.276. The SMILES string of the molecule is CC(C)c1cccc(C(C)C)c1N1C(=O)c2cccc(C(=O)NCCc3ccccc3)c2C1=O. The largest absolute Gasteiger partial charge is 0.352 e. The first-order valence-electron chi connectivity index (χ1n) is 11.8. The number of nitrogens with zero attached hydrogens (tertiary/aromatic N) is 1. The maximum atomic E-state index is 13.7. The zero-order chi connectivity index (χ0) is 24.4. The molecular formula is C29H30N2O3. The van der Waals surface area contributed by atoms with E-state index >= 15 is 0 Å². The first-order chi connectivity index (χ1) is 16.3. The number of fused-ring (bicyclic) bond motifs is 1. The van der Waals surface area contributed by atoms with Crippen LogP contribution < -0.4 is 10.2 Å². The second-order valence-corrected chi connectivity index (χ2v) is 9.26. The zero-order valence-corrected chi connectivity index (χ0v) is 20.1. The summed E-state index contributed by atoms with van der Waals surface area (Å²) in [5, 5.41) is 2.91. The van der Waals surface area contributed by atoms with E-state index in [4.69, 9.17) is 0 Å². The predicted octanol–water partition coefficient (Wildman–Crippen LogP) is 5.71. The minimum absolute atomic E-state index is 0.124. The number of hydrogen-bond donors (Lipinski definition) is 1. The van der Waals surface area contributed by atoms with E-state index < -0.39 is 5.91 Å². The first-order valence-corrected chi connectivity index (χ1v) is 11.8. The van der Waals surface area contributed by atoms with Gasteiger partial charge in [-0.15, -0.1) is 0 Å². The monoisotopic (exact) mass is 454 g/mol. The van der Waals surface area contributed by atoms with Gasteiger partial charge in [0.1, 0.15) is 0 Å². The second kappa shape index (κ2) is 9.64. The minimum atomic E-state index is -0.441. The Morgan fingerprint density at radius 3 is 2.03 bits per heavy atom. The van der Waals surface area contributed by atoms with E-state index in [0.29, 0.717) is 18.7 Å². The molecule has 0 unspecified atom stereocenters. The van der Waals surface area contributed by atoms with Crippen molar-refractivity contribution in [2.75, 3.05) is 11.4 Å².